The predicted octanol–water partition coefficient (Wildman–Crippen LogP) is 4.66. The topological polar surface area (TPSA) is 244 Å². The van der Waals surface area contributed by atoms with Gasteiger partial charge in [0, 0.05) is 50.5 Å². The zero-order valence-electron chi connectivity index (χ0n) is 39.2. The first-order valence-corrected chi connectivity index (χ1v) is 22.9. The van der Waals surface area contributed by atoms with Crippen molar-refractivity contribution in [2.24, 2.45) is 16.7 Å². The molecule has 0 spiro atoms. The minimum Gasteiger partial charge on any atom is -0.455 e. The van der Waals surface area contributed by atoms with Gasteiger partial charge in [0.25, 0.3) is 5.91 Å². The van der Waals surface area contributed by atoms with E-state index in [1.807, 2.05) is 0 Å². The Morgan fingerprint density at radius 2 is 1.46 bits per heavy atom. The summed E-state index contributed by atoms with van der Waals surface area (Å²) in [6.45, 7) is 7.84. The lowest BCUT2D eigenvalue weighted by atomic mass is 9.44. The summed E-state index contributed by atoms with van der Waals surface area (Å²) in [5.41, 5.74) is -7.46. The van der Waals surface area contributed by atoms with Crippen molar-refractivity contribution in [1.29, 1.82) is 0 Å². The van der Waals surface area contributed by atoms with Crippen LogP contribution >= 0.6 is 0 Å². The Bertz CT molecular complexity index is 2510. The molecule has 17 heteroatoms. The molecule has 3 aromatic rings. The van der Waals surface area contributed by atoms with Crippen LogP contribution in [0.5, 0.6) is 0 Å². The van der Waals surface area contributed by atoms with Crippen molar-refractivity contribution >= 4 is 47.8 Å². The van der Waals surface area contributed by atoms with E-state index in [0.29, 0.717) is 11.8 Å². The van der Waals surface area contributed by atoms with E-state index in [9.17, 15) is 39.0 Å². The van der Waals surface area contributed by atoms with Crippen molar-refractivity contribution in [3.63, 3.8) is 0 Å². The average Bonchev–Trinajstić information content (AvgIpc) is 3.31. The van der Waals surface area contributed by atoms with Crippen LogP contribution in [-0.2, 0) is 57.2 Å². The molecule has 2 bridgehead atoms. The van der Waals surface area contributed by atoms with E-state index in [-0.39, 0.29) is 54.6 Å². The first-order valence-electron chi connectivity index (χ1n) is 22.9. The Hall–Kier alpha value is -6.56. The summed E-state index contributed by atoms with van der Waals surface area (Å²) in [7, 11) is 0. The number of Topliss-reactive ketones (excluding diaryl/α,β-unsaturated/α-hetero) is 1. The summed E-state index contributed by atoms with van der Waals surface area (Å²) in [4.78, 5) is 110. The molecule has 2 saturated carbocycles. The van der Waals surface area contributed by atoms with E-state index in [0.717, 1.165) is 13.8 Å². The van der Waals surface area contributed by atoms with E-state index >= 15 is 9.59 Å². The summed E-state index contributed by atoms with van der Waals surface area (Å²) in [6.07, 6.45) is -10.4. The van der Waals surface area contributed by atoms with Gasteiger partial charge in [0.2, 0.25) is 6.10 Å². The lowest BCUT2D eigenvalue weighted by Crippen LogP contribution is -2.82. The van der Waals surface area contributed by atoms with Gasteiger partial charge in [-0.1, -0.05) is 80.6 Å². The molecule has 69 heavy (non-hydrogen) atoms. The van der Waals surface area contributed by atoms with Gasteiger partial charge in [0.05, 0.1) is 29.6 Å². The molecule has 3 N–H and O–H groups in total. The van der Waals surface area contributed by atoms with E-state index in [4.69, 9.17) is 28.4 Å². The van der Waals surface area contributed by atoms with Crippen LogP contribution in [0.25, 0.3) is 0 Å². The minimum atomic E-state index is -2.46. The van der Waals surface area contributed by atoms with Crippen molar-refractivity contribution in [2.45, 2.75) is 128 Å². The summed E-state index contributed by atoms with van der Waals surface area (Å²) >= 11 is 0. The third kappa shape index (κ3) is 9.22. The maximum absolute atomic E-state index is 15.7. The fourth-order valence-electron chi connectivity index (χ4n) is 10.8. The van der Waals surface area contributed by atoms with Crippen molar-refractivity contribution in [1.82, 2.24) is 5.32 Å². The highest BCUT2D eigenvalue weighted by molar-refractivity contribution is 5.96. The molecule has 1 heterocycles. The molecular formula is C52H57NO16. The van der Waals surface area contributed by atoms with Gasteiger partial charge in [-0.3, -0.25) is 24.0 Å². The van der Waals surface area contributed by atoms with Gasteiger partial charge in [-0.2, -0.15) is 0 Å². The number of carbonyl (C=O) groups excluding carboxylic acids is 8. The van der Waals surface area contributed by atoms with E-state index < -0.39 is 119 Å². The summed E-state index contributed by atoms with van der Waals surface area (Å²) < 4.78 is 36.6. The van der Waals surface area contributed by atoms with Gasteiger partial charge in [0.15, 0.2) is 17.5 Å². The van der Waals surface area contributed by atoms with Crippen LogP contribution in [0.15, 0.2) is 102 Å². The molecule has 0 unspecified atom stereocenters. The third-order valence-electron chi connectivity index (χ3n) is 14.4. The Morgan fingerprint density at radius 1 is 0.855 bits per heavy atom. The number of ketones is 1. The van der Waals surface area contributed by atoms with Crippen LogP contribution in [-0.4, -0.2) is 112 Å². The number of aliphatic hydroxyl groups is 2. The highest BCUT2D eigenvalue weighted by atomic mass is 16.6. The molecule has 366 valence electrons. The highest BCUT2D eigenvalue weighted by Crippen LogP contribution is 2.64. The number of hydrogen-bond donors (Lipinski definition) is 3. The second-order valence-corrected chi connectivity index (χ2v) is 18.9. The molecule has 17 nitrogen and oxygen atoms in total. The molecule has 3 aliphatic carbocycles. The van der Waals surface area contributed by atoms with Gasteiger partial charge in [-0.25, -0.2) is 9.59 Å². The number of nitrogens with one attached hydrogen (secondary N) is 1. The van der Waals surface area contributed by atoms with Crippen molar-refractivity contribution in [2.75, 3.05) is 6.61 Å². The summed E-state index contributed by atoms with van der Waals surface area (Å²) in [5, 5.41) is 28.9. The van der Waals surface area contributed by atoms with Gasteiger partial charge in [-0.15, -0.1) is 0 Å². The molecule has 3 fully saturated rings. The van der Waals surface area contributed by atoms with Crippen LogP contribution < -0.4 is 5.32 Å². The largest absolute Gasteiger partial charge is 0.455 e. The standard InChI is InChI=1S/C52H57NO16/c1-29-35(66-48(62)42(67-38(58)24-16-17-25-54)40(32-18-10-7-11-19-32)53-46(60)33-20-12-8-13-21-33)27-52(63)45(68-47(61)34-22-14-9-15-23-34)43-50(6,36(57)26-37-51(43,28-64-37)69-31(3)56)44(59)41(65-30(2)55)39(29)49(52,4)5/h7-15,18-23,25,35-37,40-43,45,57,63H,16-17,24,26-28H2,1-6H3,(H,53,60)/t35-,36-,37+,40-,41+,42+,43-,45-,50+,51-,52+/m0/s1. The Balaban J connectivity index is 1.42. The first kappa shape index (κ1) is 50.3. The molecule has 3 aromatic carbocycles. The van der Waals surface area contributed by atoms with Crippen LogP contribution in [0.2, 0.25) is 0 Å². The van der Waals surface area contributed by atoms with Crippen molar-refractivity contribution in [3.05, 3.63) is 119 Å². The number of carbonyl (C=O) groups is 8. The molecule has 0 radical (unpaired) electrons. The second kappa shape index (κ2) is 19.8. The monoisotopic (exact) mass is 951 g/mol. The molecule has 1 saturated heterocycles. The average molecular weight is 952 g/mol. The number of ether oxygens (including phenoxy) is 6. The Kier molecular flexibility index (Phi) is 14.4. The Morgan fingerprint density at radius 3 is 2.03 bits per heavy atom. The fraction of sp³-hybridized carbons (Fsp3) is 0.462. The van der Waals surface area contributed by atoms with Gasteiger partial charge >= 0.3 is 29.8 Å². The maximum atomic E-state index is 15.7. The van der Waals surface area contributed by atoms with Gasteiger partial charge < -0.3 is 48.7 Å². The van der Waals surface area contributed by atoms with Gasteiger partial charge in [0.1, 0.15) is 36.2 Å². The zero-order valence-corrected chi connectivity index (χ0v) is 39.2. The zero-order chi connectivity index (χ0) is 50.1. The van der Waals surface area contributed by atoms with Crippen LogP contribution in [0.3, 0.4) is 0 Å². The number of fused-ring (bicyclic) bond motifs is 5. The summed E-state index contributed by atoms with van der Waals surface area (Å²) in [6, 6.07) is 22.6. The predicted molar refractivity (Wildman–Crippen MR) is 241 cm³/mol. The minimum absolute atomic E-state index is 0.0151. The number of rotatable bonds is 15. The van der Waals surface area contributed by atoms with E-state index in [1.54, 1.807) is 92.7 Å². The molecule has 1 aliphatic heterocycles. The number of benzene rings is 3. The fourth-order valence-corrected chi connectivity index (χ4v) is 10.8. The maximum Gasteiger partial charge on any atom is 0.350 e. The first-order chi connectivity index (χ1) is 32.7. The van der Waals surface area contributed by atoms with Crippen molar-refractivity contribution in [3.8, 4) is 0 Å². The van der Waals surface area contributed by atoms with E-state index in [2.05, 4.69) is 5.32 Å². The number of aliphatic hydroxyl groups excluding tert-OH is 1. The van der Waals surface area contributed by atoms with Crippen molar-refractivity contribution < 1.29 is 77.0 Å². The SMILES string of the molecule is CC(=O)O[C@H]1C(=O)[C@@]2(C)[C@H]([C@H](OC(=O)c3ccccc3)[C@]3(O)C[C@H](OC(=O)[C@H](OC(=O)CCCC=O)[C@@H](NC(=O)c4ccccc4)c4ccccc4)C(C)=C1C3(C)C)[C@]1(OC(C)=O)CO[C@@H]1C[C@@H]2O. The second-order valence-electron chi connectivity index (χ2n) is 18.9. The summed E-state index contributed by atoms with van der Waals surface area (Å²) in [5.74, 6) is -7.96. The highest BCUT2D eigenvalue weighted by Gasteiger charge is 2.78. The molecule has 1 amide bonds. The van der Waals surface area contributed by atoms with E-state index in [1.165, 1.54) is 26.0 Å². The lowest BCUT2D eigenvalue weighted by molar-refractivity contribution is -0.346. The molecule has 4 aliphatic rings. The smallest absolute Gasteiger partial charge is 0.350 e. The lowest BCUT2D eigenvalue weighted by Gasteiger charge is -2.67. The number of aldehydes is 1. The number of hydrogen-bond acceptors (Lipinski definition) is 16. The third-order valence-corrected chi connectivity index (χ3v) is 14.4. The quantitative estimate of drug-likeness (QED) is 0.0617. The molecule has 11 atom stereocenters. The Labute approximate surface area is 398 Å². The number of amides is 1. The molecular weight excluding hydrogens is 895 g/mol. The van der Waals surface area contributed by atoms with Crippen LogP contribution in [0.1, 0.15) is 106 Å². The molecule has 7 rings (SSSR count). The number of esters is 5. The molecule has 0 aromatic heterocycles. The van der Waals surface area contributed by atoms with Crippen LogP contribution in [0, 0.1) is 16.7 Å². The van der Waals surface area contributed by atoms with Crippen LogP contribution in [0.4, 0.5) is 0 Å². The van der Waals surface area contributed by atoms with Gasteiger partial charge in [-0.05, 0) is 61.2 Å². The normalized spacial score (nSPS) is 29.7. The number of unbranched alkanes of at least 4 members (excludes halogenated alkanes) is 1.